The molecule has 4 heteroatoms. The lowest BCUT2D eigenvalue weighted by Gasteiger charge is -2.30. The van der Waals surface area contributed by atoms with Gasteiger partial charge in [0.2, 0.25) is 0 Å². The summed E-state index contributed by atoms with van der Waals surface area (Å²) in [6.45, 7) is 5.09. The zero-order valence-corrected chi connectivity index (χ0v) is 11.9. The Hall–Kier alpha value is -1.21. The van der Waals surface area contributed by atoms with Gasteiger partial charge in [-0.05, 0) is 37.3 Å². The number of hydrogen-bond donors (Lipinski definition) is 1. The highest BCUT2D eigenvalue weighted by molar-refractivity contribution is 8.00. The van der Waals surface area contributed by atoms with Crippen LogP contribution in [0.15, 0.2) is 18.2 Å². The fraction of sp³-hybridized carbons (Fsp3) is 0.500. The summed E-state index contributed by atoms with van der Waals surface area (Å²) in [4.78, 5) is 0. The summed E-state index contributed by atoms with van der Waals surface area (Å²) in [5.41, 5.74) is 1.02. The summed E-state index contributed by atoms with van der Waals surface area (Å²) >= 11 is 1.83. The van der Waals surface area contributed by atoms with Gasteiger partial charge in [-0.1, -0.05) is 13.8 Å². The Morgan fingerprint density at radius 2 is 2.00 bits per heavy atom. The van der Waals surface area contributed by atoms with E-state index in [0.717, 1.165) is 19.4 Å². The van der Waals surface area contributed by atoms with Crippen LogP contribution in [0.4, 0.5) is 10.1 Å². The van der Waals surface area contributed by atoms with Crippen LogP contribution in [0.3, 0.4) is 0 Å². The summed E-state index contributed by atoms with van der Waals surface area (Å²) in [7, 11) is 0. The summed E-state index contributed by atoms with van der Waals surface area (Å²) < 4.78 is 13.4. The van der Waals surface area contributed by atoms with Gasteiger partial charge in [0.1, 0.15) is 5.82 Å². The van der Waals surface area contributed by atoms with Gasteiger partial charge in [0.25, 0.3) is 0 Å². The van der Waals surface area contributed by atoms with Crippen molar-refractivity contribution in [2.75, 3.05) is 18.1 Å². The minimum Gasteiger partial charge on any atom is -0.384 e. The molecule has 1 rings (SSSR count). The average molecular weight is 266 g/mol. The Bertz CT molecular complexity index is 428. The quantitative estimate of drug-likeness (QED) is 0.844. The van der Waals surface area contributed by atoms with E-state index < -0.39 is 0 Å². The average Bonchev–Trinajstić information content (AvgIpc) is 2.40. The van der Waals surface area contributed by atoms with Crippen LogP contribution >= 0.6 is 11.8 Å². The molecule has 0 radical (unpaired) electrons. The number of nitriles is 1. The highest BCUT2D eigenvalue weighted by Gasteiger charge is 2.24. The van der Waals surface area contributed by atoms with Crippen molar-refractivity contribution >= 4 is 17.4 Å². The minimum atomic E-state index is -0.376. The van der Waals surface area contributed by atoms with Gasteiger partial charge in [0, 0.05) is 17.0 Å². The molecule has 0 aliphatic carbocycles. The molecular weight excluding hydrogens is 247 g/mol. The van der Waals surface area contributed by atoms with E-state index >= 15 is 0 Å². The first kappa shape index (κ1) is 14.8. The second-order valence-corrected chi connectivity index (χ2v) is 5.56. The second kappa shape index (κ2) is 6.65. The van der Waals surface area contributed by atoms with E-state index in [1.54, 1.807) is 6.07 Å². The van der Waals surface area contributed by atoms with Crippen LogP contribution in [0.2, 0.25) is 0 Å². The van der Waals surface area contributed by atoms with Gasteiger partial charge in [-0.3, -0.25) is 0 Å². The van der Waals surface area contributed by atoms with E-state index in [1.807, 2.05) is 17.8 Å². The fourth-order valence-corrected chi connectivity index (χ4v) is 2.67. The minimum absolute atomic E-state index is 0.166. The number of anilines is 1. The topological polar surface area (TPSA) is 35.8 Å². The highest BCUT2D eigenvalue weighted by Crippen LogP contribution is 2.30. The van der Waals surface area contributed by atoms with E-state index in [4.69, 9.17) is 5.26 Å². The maximum Gasteiger partial charge on any atom is 0.126 e. The molecular formula is C14H19FN2S. The van der Waals surface area contributed by atoms with Crippen molar-refractivity contribution < 1.29 is 4.39 Å². The van der Waals surface area contributed by atoms with E-state index in [9.17, 15) is 4.39 Å². The van der Waals surface area contributed by atoms with Crippen molar-refractivity contribution in [2.24, 2.45) is 0 Å². The van der Waals surface area contributed by atoms with Crippen molar-refractivity contribution in [3.63, 3.8) is 0 Å². The molecule has 0 spiro atoms. The predicted molar refractivity (Wildman–Crippen MR) is 76.4 cm³/mol. The molecule has 0 aromatic heterocycles. The zero-order valence-electron chi connectivity index (χ0n) is 11.1. The first-order chi connectivity index (χ1) is 8.59. The molecule has 0 heterocycles. The molecule has 0 unspecified atom stereocenters. The van der Waals surface area contributed by atoms with E-state index in [-0.39, 0.29) is 10.6 Å². The standard InChI is InChI=1S/C14H19FN2S/c1-4-14(5-2,18-3)10-17-13-7-11(9-16)6-12(15)8-13/h6-8,17H,4-5,10H2,1-3H3. The molecule has 0 aliphatic rings. The third kappa shape index (κ3) is 3.64. The molecule has 98 valence electrons. The van der Waals surface area contributed by atoms with Gasteiger partial charge in [-0.15, -0.1) is 0 Å². The molecule has 0 amide bonds. The van der Waals surface area contributed by atoms with Crippen molar-refractivity contribution in [1.29, 1.82) is 5.26 Å². The third-order valence-electron chi connectivity index (χ3n) is 3.36. The number of rotatable bonds is 6. The van der Waals surface area contributed by atoms with Crippen LogP contribution in [-0.2, 0) is 0 Å². The van der Waals surface area contributed by atoms with Crippen LogP contribution in [0.5, 0.6) is 0 Å². The van der Waals surface area contributed by atoms with Crippen LogP contribution in [0.1, 0.15) is 32.3 Å². The Morgan fingerprint density at radius 1 is 1.33 bits per heavy atom. The van der Waals surface area contributed by atoms with Crippen LogP contribution in [-0.4, -0.2) is 17.5 Å². The van der Waals surface area contributed by atoms with Gasteiger partial charge in [-0.25, -0.2) is 4.39 Å². The zero-order chi connectivity index (χ0) is 13.6. The van der Waals surface area contributed by atoms with Crippen molar-refractivity contribution in [2.45, 2.75) is 31.4 Å². The lowest BCUT2D eigenvalue weighted by molar-refractivity contribution is 0.574. The van der Waals surface area contributed by atoms with Crippen molar-refractivity contribution in [1.82, 2.24) is 0 Å². The van der Waals surface area contributed by atoms with E-state index in [0.29, 0.717) is 11.3 Å². The first-order valence-corrected chi connectivity index (χ1v) is 7.31. The largest absolute Gasteiger partial charge is 0.384 e. The highest BCUT2D eigenvalue weighted by atomic mass is 32.2. The monoisotopic (exact) mass is 266 g/mol. The van der Waals surface area contributed by atoms with E-state index in [1.165, 1.54) is 12.1 Å². The lowest BCUT2D eigenvalue weighted by Crippen LogP contribution is -2.32. The number of benzene rings is 1. The van der Waals surface area contributed by atoms with Crippen LogP contribution in [0.25, 0.3) is 0 Å². The number of nitrogens with one attached hydrogen (secondary N) is 1. The Labute approximate surface area is 113 Å². The summed E-state index contributed by atoms with van der Waals surface area (Å²) in [6.07, 6.45) is 4.21. The van der Waals surface area contributed by atoms with Crippen molar-refractivity contribution in [3.8, 4) is 6.07 Å². The summed E-state index contributed by atoms with van der Waals surface area (Å²) in [5.74, 6) is -0.376. The number of halogens is 1. The lowest BCUT2D eigenvalue weighted by atomic mass is 10.0. The predicted octanol–water partition coefficient (Wildman–Crippen LogP) is 4.03. The molecule has 18 heavy (non-hydrogen) atoms. The fourth-order valence-electron chi connectivity index (χ4n) is 1.88. The molecule has 0 aliphatic heterocycles. The number of thioether (sulfide) groups is 1. The summed E-state index contributed by atoms with van der Waals surface area (Å²) in [5, 5.41) is 12.0. The Balaban J connectivity index is 2.80. The maximum atomic E-state index is 13.3. The molecule has 1 N–H and O–H groups in total. The Kier molecular flexibility index (Phi) is 5.49. The maximum absolute atomic E-state index is 13.3. The molecule has 0 saturated heterocycles. The molecule has 0 atom stereocenters. The second-order valence-electron chi connectivity index (χ2n) is 4.29. The van der Waals surface area contributed by atoms with Gasteiger partial charge in [0.15, 0.2) is 0 Å². The molecule has 0 bridgehead atoms. The number of hydrogen-bond acceptors (Lipinski definition) is 3. The van der Waals surface area contributed by atoms with Crippen molar-refractivity contribution in [3.05, 3.63) is 29.6 Å². The normalized spacial score (nSPS) is 11.1. The molecule has 1 aromatic rings. The van der Waals surface area contributed by atoms with Gasteiger partial charge >= 0.3 is 0 Å². The molecule has 2 nitrogen and oxygen atoms in total. The third-order valence-corrected chi connectivity index (χ3v) is 4.95. The van der Waals surface area contributed by atoms with Gasteiger partial charge in [0.05, 0.1) is 11.6 Å². The smallest absolute Gasteiger partial charge is 0.126 e. The summed E-state index contributed by atoms with van der Waals surface area (Å²) in [6, 6.07) is 6.31. The number of nitrogens with zero attached hydrogens (tertiary/aromatic N) is 1. The van der Waals surface area contributed by atoms with E-state index in [2.05, 4.69) is 25.4 Å². The molecule has 0 saturated carbocycles. The van der Waals surface area contributed by atoms with Gasteiger partial charge < -0.3 is 5.32 Å². The molecule has 0 fully saturated rings. The first-order valence-electron chi connectivity index (χ1n) is 6.09. The van der Waals surface area contributed by atoms with Crippen LogP contribution < -0.4 is 5.32 Å². The Morgan fingerprint density at radius 3 is 2.50 bits per heavy atom. The van der Waals surface area contributed by atoms with Gasteiger partial charge in [-0.2, -0.15) is 17.0 Å². The SMILES string of the molecule is CCC(CC)(CNc1cc(F)cc(C#N)c1)SC. The molecule has 1 aromatic carbocycles. The van der Waals surface area contributed by atoms with Crippen LogP contribution in [0, 0.1) is 17.1 Å².